The van der Waals surface area contributed by atoms with Crippen LogP contribution in [0.15, 0.2) is 35.3 Å². The molecule has 3 nitrogen and oxygen atoms in total. The van der Waals surface area contributed by atoms with E-state index >= 15 is 0 Å². The lowest BCUT2D eigenvalue weighted by Gasteiger charge is -2.15. The minimum absolute atomic E-state index is 0.413. The molecule has 0 saturated heterocycles. The average molecular weight is 273 g/mol. The first-order valence-electron chi connectivity index (χ1n) is 7.84. The molecule has 0 spiro atoms. The Balaban J connectivity index is 1.90. The largest absolute Gasteiger partial charge is 0.357 e. The summed E-state index contributed by atoms with van der Waals surface area (Å²) in [5.41, 5.74) is 1.85. The summed E-state index contributed by atoms with van der Waals surface area (Å²) in [5.74, 6) is 0.966. The van der Waals surface area contributed by atoms with Gasteiger partial charge in [-0.3, -0.25) is 4.99 Å². The van der Waals surface area contributed by atoms with Crippen molar-refractivity contribution < 1.29 is 0 Å². The van der Waals surface area contributed by atoms with Gasteiger partial charge in [-0.25, -0.2) is 0 Å². The molecule has 1 fully saturated rings. The molecule has 110 valence electrons. The summed E-state index contributed by atoms with van der Waals surface area (Å²) in [6.45, 7) is 7.12. The second-order valence-electron chi connectivity index (χ2n) is 5.78. The maximum atomic E-state index is 4.78. The Hall–Kier alpha value is -1.51. The highest BCUT2D eigenvalue weighted by molar-refractivity contribution is 5.79. The minimum atomic E-state index is 0.413. The van der Waals surface area contributed by atoms with Gasteiger partial charge in [-0.2, -0.15) is 0 Å². The van der Waals surface area contributed by atoms with Gasteiger partial charge < -0.3 is 10.6 Å². The van der Waals surface area contributed by atoms with Crippen LogP contribution in [0.2, 0.25) is 0 Å². The van der Waals surface area contributed by atoms with E-state index in [1.54, 1.807) is 0 Å². The fourth-order valence-corrected chi connectivity index (χ4v) is 2.43. The van der Waals surface area contributed by atoms with Crippen LogP contribution < -0.4 is 10.6 Å². The van der Waals surface area contributed by atoms with Crippen molar-refractivity contribution in [3.63, 3.8) is 0 Å². The number of hydrogen-bond acceptors (Lipinski definition) is 1. The first kappa shape index (κ1) is 14.9. The van der Waals surface area contributed by atoms with Crippen LogP contribution in [0.4, 0.5) is 0 Å². The number of nitrogens with one attached hydrogen (secondary N) is 2. The Morgan fingerprint density at radius 1 is 1.15 bits per heavy atom. The van der Waals surface area contributed by atoms with Crippen molar-refractivity contribution in [3.05, 3.63) is 35.9 Å². The fraction of sp³-hybridized carbons (Fsp3) is 0.588. The van der Waals surface area contributed by atoms with Crippen molar-refractivity contribution >= 4 is 5.96 Å². The molecule has 1 aliphatic carbocycles. The summed E-state index contributed by atoms with van der Waals surface area (Å²) >= 11 is 0. The van der Waals surface area contributed by atoms with Crippen LogP contribution in [0.3, 0.4) is 0 Å². The highest BCUT2D eigenvalue weighted by Crippen LogP contribution is 2.48. The van der Waals surface area contributed by atoms with Crippen molar-refractivity contribution in [1.82, 2.24) is 10.6 Å². The van der Waals surface area contributed by atoms with Crippen molar-refractivity contribution in [2.45, 2.75) is 39.5 Å². The monoisotopic (exact) mass is 273 g/mol. The lowest BCUT2D eigenvalue weighted by Crippen LogP contribution is -2.38. The van der Waals surface area contributed by atoms with E-state index in [4.69, 9.17) is 4.99 Å². The number of aliphatic imine (C=N–C) groups is 1. The van der Waals surface area contributed by atoms with E-state index < -0.39 is 0 Å². The third kappa shape index (κ3) is 4.55. The van der Waals surface area contributed by atoms with Crippen LogP contribution in [0.25, 0.3) is 0 Å². The highest BCUT2D eigenvalue weighted by Gasteiger charge is 2.42. The standard InChI is InChI=1S/C17H27N3/c1-3-12-19-16(18-4-2)20-14-17(10-11-17)13-15-8-6-5-7-9-15/h5-9H,3-4,10-14H2,1-2H3,(H2,18,19,20). The zero-order chi connectivity index (χ0) is 14.3. The predicted molar refractivity (Wildman–Crippen MR) is 86.1 cm³/mol. The third-order valence-electron chi connectivity index (χ3n) is 3.84. The van der Waals surface area contributed by atoms with Gasteiger partial charge in [-0.15, -0.1) is 0 Å². The van der Waals surface area contributed by atoms with Crippen LogP contribution in [-0.4, -0.2) is 25.6 Å². The molecule has 0 heterocycles. The molecular formula is C17H27N3. The Kier molecular flexibility index (Phi) is 5.45. The smallest absolute Gasteiger partial charge is 0.191 e. The van der Waals surface area contributed by atoms with Gasteiger partial charge in [0.2, 0.25) is 0 Å². The molecule has 1 aromatic rings. The molecule has 0 radical (unpaired) electrons. The topological polar surface area (TPSA) is 36.4 Å². The van der Waals surface area contributed by atoms with E-state index in [2.05, 4.69) is 54.8 Å². The number of guanidine groups is 1. The maximum Gasteiger partial charge on any atom is 0.191 e. The molecule has 2 N–H and O–H groups in total. The number of rotatable bonds is 7. The van der Waals surface area contributed by atoms with Crippen LogP contribution in [0.1, 0.15) is 38.7 Å². The second-order valence-corrected chi connectivity index (χ2v) is 5.78. The first-order valence-corrected chi connectivity index (χ1v) is 7.84. The van der Waals surface area contributed by atoms with E-state index in [0.717, 1.165) is 38.4 Å². The summed E-state index contributed by atoms with van der Waals surface area (Å²) in [4.78, 5) is 4.78. The molecule has 1 aliphatic rings. The van der Waals surface area contributed by atoms with E-state index in [-0.39, 0.29) is 0 Å². The molecule has 0 aromatic heterocycles. The molecule has 0 atom stereocenters. The van der Waals surface area contributed by atoms with Crippen LogP contribution in [0, 0.1) is 5.41 Å². The lowest BCUT2D eigenvalue weighted by atomic mass is 9.97. The van der Waals surface area contributed by atoms with Crippen molar-refractivity contribution in [1.29, 1.82) is 0 Å². The second kappa shape index (κ2) is 7.32. The van der Waals surface area contributed by atoms with Crippen LogP contribution >= 0.6 is 0 Å². The van der Waals surface area contributed by atoms with Gasteiger partial charge in [0.25, 0.3) is 0 Å². The maximum absolute atomic E-state index is 4.78. The van der Waals surface area contributed by atoms with Gasteiger partial charge in [0, 0.05) is 19.6 Å². The van der Waals surface area contributed by atoms with E-state index in [1.165, 1.54) is 18.4 Å². The van der Waals surface area contributed by atoms with E-state index in [9.17, 15) is 0 Å². The first-order chi connectivity index (χ1) is 9.78. The Labute approximate surface area is 122 Å². The number of benzene rings is 1. The molecule has 0 bridgehead atoms. The average Bonchev–Trinajstić information content (AvgIpc) is 3.23. The fourth-order valence-electron chi connectivity index (χ4n) is 2.43. The summed E-state index contributed by atoms with van der Waals surface area (Å²) in [5, 5.41) is 6.69. The Morgan fingerprint density at radius 3 is 2.50 bits per heavy atom. The molecule has 0 unspecified atom stereocenters. The molecule has 3 heteroatoms. The molecule has 20 heavy (non-hydrogen) atoms. The van der Waals surface area contributed by atoms with Gasteiger partial charge in [0.05, 0.1) is 0 Å². The van der Waals surface area contributed by atoms with Gasteiger partial charge in [-0.1, -0.05) is 37.3 Å². The summed E-state index contributed by atoms with van der Waals surface area (Å²) in [7, 11) is 0. The van der Waals surface area contributed by atoms with Gasteiger partial charge >= 0.3 is 0 Å². The molecule has 1 aromatic carbocycles. The van der Waals surface area contributed by atoms with Crippen molar-refractivity contribution in [2.75, 3.05) is 19.6 Å². The summed E-state index contributed by atoms with van der Waals surface area (Å²) < 4.78 is 0. The van der Waals surface area contributed by atoms with Crippen molar-refractivity contribution in [2.24, 2.45) is 10.4 Å². The van der Waals surface area contributed by atoms with Gasteiger partial charge in [0.1, 0.15) is 0 Å². The zero-order valence-electron chi connectivity index (χ0n) is 12.8. The molecule has 1 saturated carbocycles. The van der Waals surface area contributed by atoms with Crippen LogP contribution in [0.5, 0.6) is 0 Å². The molecule has 2 rings (SSSR count). The number of hydrogen-bond donors (Lipinski definition) is 2. The molecular weight excluding hydrogens is 246 g/mol. The normalized spacial score (nSPS) is 16.8. The minimum Gasteiger partial charge on any atom is -0.357 e. The third-order valence-corrected chi connectivity index (χ3v) is 3.84. The van der Waals surface area contributed by atoms with Crippen molar-refractivity contribution in [3.8, 4) is 0 Å². The summed E-state index contributed by atoms with van der Waals surface area (Å²) in [6, 6.07) is 10.8. The predicted octanol–water partition coefficient (Wildman–Crippen LogP) is 2.97. The highest BCUT2D eigenvalue weighted by atomic mass is 15.2. The van der Waals surface area contributed by atoms with Gasteiger partial charge in [-0.05, 0) is 43.6 Å². The van der Waals surface area contributed by atoms with Gasteiger partial charge in [0.15, 0.2) is 5.96 Å². The van der Waals surface area contributed by atoms with Crippen LogP contribution in [-0.2, 0) is 6.42 Å². The van der Waals surface area contributed by atoms with E-state index in [1.807, 2.05) is 0 Å². The SMILES string of the molecule is CCCNC(=NCC1(Cc2ccccc2)CC1)NCC. The molecule has 0 amide bonds. The lowest BCUT2D eigenvalue weighted by molar-refractivity contribution is 0.519. The Bertz CT molecular complexity index is 421. The Morgan fingerprint density at radius 2 is 1.90 bits per heavy atom. The number of nitrogens with zero attached hydrogens (tertiary/aromatic N) is 1. The zero-order valence-corrected chi connectivity index (χ0v) is 12.8. The molecule has 0 aliphatic heterocycles. The quantitative estimate of drug-likeness (QED) is 0.592. The van der Waals surface area contributed by atoms with E-state index in [0.29, 0.717) is 5.41 Å². The summed E-state index contributed by atoms with van der Waals surface area (Å²) in [6.07, 6.45) is 4.89.